The summed E-state index contributed by atoms with van der Waals surface area (Å²) in [5.41, 5.74) is 1.51. The summed E-state index contributed by atoms with van der Waals surface area (Å²) in [5, 5.41) is 3.29. The lowest BCUT2D eigenvalue weighted by molar-refractivity contribution is -0.117. The molecule has 3 rings (SSSR count). The molecule has 5 nitrogen and oxygen atoms in total. The van der Waals surface area contributed by atoms with Gasteiger partial charge in [-0.05, 0) is 31.5 Å². The zero-order valence-corrected chi connectivity index (χ0v) is 13.6. The Balaban J connectivity index is 0.00000176. The highest BCUT2D eigenvalue weighted by atomic mass is 35.5. The van der Waals surface area contributed by atoms with Crippen LogP contribution in [0.2, 0.25) is 0 Å². The minimum atomic E-state index is 0. The van der Waals surface area contributed by atoms with Gasteiger partial charge in [-0.15, -0.1) is 12.4 Å². The van der Waals surface area contributed by atoms with E-state index in [-0.39, 0.29) is 30.3 Å². The molecule has 2 heterocycles. The molecule has 2 saturated heterocycles. The first-order valence-electron chi connectivity index (χ1n) is 7.59. The molecule has 0 saturated carbocycles. The minimum absolute atomic E-state index is 0. The van der Waals surface area contributed by atoms with Gasteiger partial charge in [0.1, 0.15) is 0 Å². The molecule has 22 heavy (non-hydrogen) atoms. The molecule has 0 aromatic heterocycles. The van der Waals surface area contributed by atoms with E-state index in [9.17, 15) is 9.59 Å². The SMILES string of the molecule is CC1CNCCN1C(=O)c1cccc(N2CCCC2=O)c1.Cl. The third-order valence-electron chi connectivity index (χ3n) is 4.24. The van der Waals surface area contributed by atoms with Gasteiger partial charge in [-0.3, -0.25) is 9.59 Å². The van der Waals surface area contributed by atoms with Gasteiger partial charge in [0.2, 0.25) is 5.91 Å². The predicted octanol–water partition coefficient (Wildman–Crippen LogP) is 1.67. The Morgan fingerprint density at radius 1 is 1.32 bits per heavy atom. The van der Waals surface area contributed by atoms with Crippen LogP contribution < -0.4 is 10.2 Å². The van der Waals surface area contributed by atoms with Crippen LogP contribution in [0.4, 0.5) is 5.69 Å². The largest absolute Gasteiger partial charge is 0.333 e. The number of halogens is 1. The number of hydrogen-bond donors (Lipinski definition) is 1. The van der Waals surface area contributed by atoms with Crippen LogP contribution in [0, 0.1) is 0 Å². The maximum Gasteiger partial charge on any atom is 0.254 e. The molecule has 2 fully saturated rings. The molecule has 0 radical (unpaired) electrons. The molecule has 2 aliphatic rings. The second kappa shape index (κ2) is 7.11. The van der Waals surface area contributed by atoms with E-state index in [1.807, 2.05) is 29.2 Å². The lowest BCUT2D eigenvalue weighted by Crippen LogP contribution is -2.52. The first-order valence-corrected chi connectivity index (χ1v) is 7.59. The Bertz CT molecular complexity index is 564. The maximum atomic E-state index is 12.7. The highest BCUT2D eigenvalue weighted by Gasteiger charge is 2.26. The fourth-order valence-electron chi connectivity index (χ4n) is 3.04. The van der Waals surface area contributed by atoms with Gasteiger partial charge < -0.3 is 15.1 Å². The first-order chi connectivity index (χ1) is 10.2. The van der Waals surface area contributed by atoms with Gasteiger partial charge in [-0.25, -0.2) is 0 Å². The van der Waals surface area contributed by atoms with Gasteiger partial charge in [0, 0.05) is 49.9 Å². The fourth-order valence-corrected chi connectivity index (χ4v) is 3.04. The van der Waals surface area contributed by atoms with E-state index in [0.717, 1.165) is 38.3 Å². The van der Waals surface area contributed by atoms with E-state index in [2.05, 4.69) is 12.2 Å². The number of anilines is 1. The van der Waals surface area contributed by atoms with Crippen molar-refractivity contribution in [1.82, 2.24) is 10.2 Å². The van der Waals surface area contributed by atoms with Crippen molar-refractivity contribution >= 4 is 29.9 Å². The maximum absolute atomic E-state index is 12.7. The number of nitrogens with zero attached hydrogens (tertiary/aromatic N) is 2. The summed E-state index contributed by atoms with van der Waals surface area (Å²) in [6.07, 6.45) is 1.50. The van der Waals surface area contributed by atoms with Gasteiger partial charge >= 0.3 is 0 Å². The van der Waals surface area contributed by atoms with Gasteiger partial charge in [0.25, 0.3) is 5.91 Å². The van der Waals surface area contributed by atoms with Crippen LogP contribution in [-0.4, -0.2) is 48.9 Å². The van der Waals surface area contributed by atoms with Gasteiger partial charge in [-0.2, -0.15) is 0 Å². The van der Waals surface area contributed by atoms with Crippen LogP contribution in [0.25, 0.3) is 0 Å². The molecule has 2 amide bonds. The molecule has 1 aromatic carbocycles. The van der Waals surface area contributed by atoms with Crippen molar-refractivity contribution in [2.75, 3.05) is 31.1 Å². The standard InChI is InChI=1S/C16H21N3O2.ClH/c1-12-11-17-7-9-18(12)16(21)13-4-2-5-14(10-13)19-8-3-6-15(19)20;/h2,4-5,10,12,17H,3,6-9,11H2,1H3;1H. The fraction of sp³-hybridized carbons (Fsp3) is 0.500. The zero-order valence-electron chi connectivity index (χ0n) is 12.7. The van der Waals surface area contributed by atoms with Crippen molar-refractivity contribution in [2.24, 2.45) is 0 Å². The Morgan fingerprint density at radius 3 is 2.82 bits per heavy atom. The van der Waals surface area contributed by atoms with Crippen molar-refractivity contribution < 1.29 is 9.59 Å². The summed E-state index contributed by atoms with van der Waals surface area (Å²) in [7, 11) is 0. The molecule has 0 aliphatic carbocycles. The van der Waals surface area contributed by atoms with Gasteiger partial charge in [0.15, 0.2) is 0 Å². The molecule has 0 bridgehead atoms. The van der Waals surface area contributed by atoms with Crippen LogP contribution in [0.1, 0.15) is 30.1 Å². The lowest BCUT2D eigenvalue weighted by atomic mass is 10.1. The number of hydrogen-bond acceptors (Lipinski definition) is 3. The van der Waals surface area contributed by atoms with Crippen molar-refractivity contribution in [1.29, 1.82) is 0 Å². The number of nitrogens with one attached hydrogen (secondary N) is 1. The molecule has 6 heteroatoms. The second-order valence-electron chi connectivity index (χ2n) is 5.75. The average molecular weight is 324 g/mol. The summed E-state index contributed by atoms with van der Waals surface area (Å²) in [6.45, 7) is 5.20. The minimum Gasteiger partial charge on any atom is -0.333 e. The van der Waals surface area contributed by atoms with Crippen LogP contribution in [0.3, 0.4) is 0 Å². The number of carbonyl (C=O) groups excluding carboxylic acids is 2. The third kappa shape index (κ3) is 3.25. The Labute approximate surface area is 137 Å². The number of amides is 2. The van der Waals surface area contributed by atoms with Crippen LogP contribution in [0.15, 0.2) is 24.3 Å². The quantitative estimate of drug-likeness (QED) is 0.900. The molecular formula is C16H22ClN3O2. The van der Waals surface area contributed by atoms with Crippen LogP contribution in [0.5, 0.6) is 0 Å². The monoisotopic (exact) mass is 323 g/mol. The number of benzene rings is 1. The lowest BCUT2D eigenvalue weighted by Gasteiger charge is -2.34. The van der Waals surface area contributed by atoms with E-state index < -0.39 is 0 Å². The summed E-state index contributed by atoms with van der Waals surface area (Å²) >= 11 is 0. The molecule has 1 unspecified atom stereocenters. The molecule has 1 aromatic rings. The van der Waals surface area contributed by atoms with Crippen molar-refractivity contribution in [3.05, 3.63) is 29.8 Å². The highest BCUT2D eigenvalue weighted by molar-refractivity contribution is 5.99. The Kier molecular flexibility index (Phi) is 5.42. The van der Waals surface area contributed by atoms with Crippen molar-refractivity contribution in [2.45, 2.75) is 25.8 Å². The molecule has 0 spiro atoms. The molecule has 120 valence electrons. The molecule has 2 aliphatic heterocycles. The Hall–Kier alpha value is -1.59. The smallest absolute Gasteiger partial charge is 0.254 e. The zero-order chi connectivity index (χ0) is 14.8. The van der Waals surface area contributed by atoms with E-state index in [4.69, 9.17) is 0 Å². The molecule has 1 atom stereocenters. The summed E-state index contributed by atoms with van der Waals surface area (Å²) in [6, 6.07) is 7.65. The van der Waals surface area contributed by atoms with Crippen molar-refractivity contribution in [3.63, 3.8) is 0 Å². The normalized spacial score (nSPS) is 21.7. The molecular weight excluding hydrogens is 302 g/mol. The summed E-state index contributed by atoms with van der Waals surface area (Å²) in [5.74, 6) is 0.202. The summed E-state index contributed by atoms with van der Waals surface area (Å²) < 4.78 is 0. The summed E-state index contributed by atoms with van der Waals surface area (Å²) in [4.78, 5) is 28.2. The van der Waals surface area contributed by atoms with Crippen molar-refractivity contribution in [3.8, 4) is 0 Å². The first kappa shape index (κ1) is 16.8. The third-order valence-corrected chi connectivity index (χ3v) is 4.24. The van der Waals surface area contributed by atoms with Crippen LogP contribution >= 0.6 is 12.4 Å². The van der Waals surface area contributed by atoms with Crippen LogP contribution in [-0.2, 0) is 4.79 Å². The number of rotatable bonds is 2. The van der Waals surface area contributed by atoms with E-state index in [1.165, 1.54) is 0 Å². The number of carbonyl (C=O) groups is 2. The van der Waals surface area contributed by atoms with E-state index in [0.29, 0.717) is 12.0 Å². The highest BCUT2D eigenvalue weighted by Crippen LogP contribution is 2.23. The predicted molar refractivity (Wildman–Crippen MR) is 88.6 cm³/mol. The van der Waals surface area contributed by atoms with Gasteiger partial charge in [0.05, 0.1) is 0 Å². The second-order valence-corrected chi connectivity index (χ2v) is 5.75. The average Bonchev–Trinajstić information content (AvgIpc) is 2.93. The number of piperazine rings is 1. The molecule has 1 N–H and O–H groups in total. The van der Waals surface area contributed by atoms with E-state index in [1.54, 1.807) is 4.90 Å². The van der Waals surface area contributed by atoms with E-state index >= 15 is 0 Å². The van der Waals surface area contributed by atoms with Gasteiger partial charge in [-0.1, -0.05) is 6.07 Å². The Morgan fingerprint density at radius 2 is 2.14 bits per heavy atom. The topological polar surface area (TPSA) is 52.7 Å².